The molecule has 1 aromatic carbocycles. The normalized spacial score (nSPS) is 14.7. The van der Waals surface area contributed by atoms with Crippen LogP contribution in [0.2, 0.25) is 0 Å². The molecule has 0 aliphatic heterocycles. The third-order valence-electron chi connectivity index (χ3n) is 4.44. The van der Waals surface area contributed by atoms with Crippen molar-refractivity contribution < 1.29 is 19.4 Å². The number of hydrogen-bond acceptors (Lipinski definition) is 4. The fourth-order valence-corrected chi connectivity index (χ4v) is 3.07. The maximum absolute atomic E-state index is 12.7. The van der Waals surface area contributed by atoms with Crippen molar-refractivity contribution in [1.82, 2.24) is 14.7 Å². The number of hydrogen-bond donors (Lipinski definition) is 1. The Balaban J connectivity index is 1.84. The monoisotopic (exact) mass is 357 g/mol. The van der Waals surface area contributed by atoms with Crippen molar-refractivity contribution in [3.05, 3.63) is 53.3 Å². The number of ether oxygens (including phenoxy) is 1. The molecule has 1 unspecified atom stereocenters. The number of aromatic nitrogens is 2. The fourth-order valence-electron chi connectivity index (χ4n) is 3.07. The molecule has 0 bridgehead atoms. The number of nitrogens with zero attached hydrogens (tertiary/aromatic N) is 3. The molecule has 0 saturated heterocycles. The quantitative estimate of drug-likeness (QED) is 0.823. The number of aryl methyl sites for hydroxylation is 2. The smallest absolute Gasteiger partial charge is 0.411 e. The first-order chi connectivity index (χ1) is 12.5. The molecule has 1 N–H and O–H groups in total. The molecule has 1 atom stereocenters. The van der Waals surface area contributed by atoms with Gasteiger partial charge in [0.05, 0.1) is 5.69 Å². The number of rotatable bonds is 7. The molecule has 1 amide bonds. The topological polar surface area (TPSA) is 84.7 Å². The molecule has 1 fully saturated rings. The maximum Gasteiger partial charge on any atom is 0.411 e. The number of carboxylic acids is 1. The van der Waals surface area contributed by atoms with E-state index in [0.29, 0.717) is 17.7 Å². The molecule has 0 spiro atoms. The van der Waals surface area contributed by atoms with Gasteiger partial charge in [0.2, 0.25) is 0 Å². The maximum atomic E-state index is 12.7. The molecule has 1 heterocycles. The van der Waals surface area contributed by atoms with E-state index < -0.39 is 18.1 Å². The molecule has 7 nitrogen and oxygen atoms in total. The van der Waals surface area contributed by atoms with Crippen molar-refractivity contribution in [2.75, 3.05) is 0 Å². The first-order valence-electron chi connectivity index (χ1n) is 8.75. The summed E-state index contributed by atoms with van der Waals surface area (Å²) in [6.07, 6.45) is 3.24. The van der Waals surface area contributed by atoms with Gasteiger partial charge in [-0.2, -0.15) is 5.10 Å². The number of aliphatic carboxylic acids is 1. The van der Waals surface area contributed by atoms with E-state index in [1.807, 2.05) is 37.3 Å². The summed E-state index contributed by atoms with van der Waals surface area (Å²) >= 11 is 0. The van der Waals surface area contributed by atoms with Gasteiger partial charge < -0.3 is 9.84 Å². The molecule has 26 heavy (non-hydrogen) atoms. The molecule has 7 heteroatoms. The Morgan fingerprint density at radius 3 is 2.62 bits per heavy atom. The average molecular weight is 357 g/mol. The van der Waals surface area contributed by atoms with E-state index >= 15 is 0 Å². The lowest BCUT2D eigenvalue weighted by Gasteiger charge is -2.28. The predicted octanol–water partition coefficient (Wildman–Crippen LogP) is 2.91. The summed E-state index contributed by atoms with van der Waals surface area (Å²) in [7, 11) is 1.75. The minimum absolute atomic E-state index is 0.107. The van der Waals surface area contributed by atoms with Gasteiger partial charge in [-0.15, -0.1) is 0 Å². The van der Waals surface area contributed by atoms with Crippen LogP contribution in [0.3, 0.4) is 0 Å². The minimum atomic E-state index is -1.09. The Labute approximate surface area is 152 Å². The van der Waals surface area contributed by atoms with Gasteiger partial charge in [-0.05, 0) is 24.8 Å². The van der Waals surface area contributed by atoms with Gasteiger partial charge in [0.15, 0.2) is 6.04 Å². The highest BCUT2D eigenvalue weighted by molar-refractivity contribution is 5.82. The third-order valence-corrected chi connectivity index (χ3v) is 4.44. The van der Waals surface area contributed by atoms with Crippen LogP contribution in [0.25, 0.3) is 0 Å². The SMILES string of the molecule is CCc1nn(C)cc1C(C(=O)O)N(C(=O)OCc1ccccc1)C1CC1. The fraction of sp³-hybridized carbons (Fsp3) is 0.421. The molecule has 2 aromatic rings. The van der Waals surface area contributed by atoms with Crippen molar-refractivity contribution >= 4 is 12.1 Å². The first kappa shape index (κ1) is 18.0. The van der Waals surface area contributed by atoms with Gasteiger partial charge in [0.25, 0.3) is 0 Å². The molecular weight excluding hydrogens is 334 g/mol. The molecule has 0 radical (unpaired) electrons. The second kappa shape index (κ2) is 7.59. The third kappa shape index (κ3) is 3.87. The molecule has 138 valence electrons. The minimum Gasteiger partial charge on any atom is -0.479 e. The van der Waals surface area contributed by atoms with Crippen molar-refractivity contribution in [3.8, 4) is 0 Å². The average Bonchev–Trinajstić information content (AvgIpc) is 3.39. The molecule has 1 saturated carbocycles. The Kier molecular flexibility index (Phi) is 5.25. The zero-order chi connectivity index (χ0) is 18.7. The van der Waals surface area contributed by atoms with Crippen LogP contribution in [0.5, 0.6) is 0 Å². The van der Waals surface area contributed by atoms with E-state index in [-0.39, 0.29) is 12.6 Å². The summed E-state index contributed by atoms with van der Waals surface area (Å²) in [6, 6.07) is 8.14. The van der Waals surface area contributed by atoms with Crippen LogP contribution in [0, 0.1) is 0 Å². The summed E-state index contributed by atoms with van der Waals surface area (Å²) in [6.45, 7) is 2.03. The van der Waals surface area contributed by atoms with Crippen LogP contribution in [0.1, 0.15) is 42.6 Å². The second-order valence-electron chi connectivity index (χ2n) is 6.48. The first-order valence-corrected chi connectivity index (χ1v) is 8.75. The molecule has 1 aromatic heterocycles. The number of carbonyl (C=O) groups is 2. The highest BCUT2D eigenvalue weighted by Crippen LogP contribution is 2.36. The van der Waals surface area contributed by atoms with Crippen LogP contribution in [-0.2, 0) is 29.6 Å². The Hall–Kier alpha value is -2.83. The van der Waals surface area contributed by atoms with Crippen LogP contribution in [0.15, 0.2) is 36.5 Å². The van der Waals surface area contributed by atoms with Gasteiger partial charge in [-0.3, -0.25) is 9.58 Å². The lowest BCUT2D eigenvalue weighted by Crippen LogP contribution is -2.41. The Morgan fingerprint density at radius 2 is 2.04 bits per heavy atom. The van der Waals surface area contributed by atoms with Gasteiger partial charge in [-0.1, -0.05) is 37.3 Å². The van der Waals surface area contributed by atoms with E-state index in [0.717, 1.165) is 18.4 Å². The van der Waals surface area contributed by atoms with Crippen LogP contribution < -0.4 is 0 Å². The van der Waals surface area contributed by atoms with E-state index in [2.05, 4.69) is 5.10 Å². The van der Waals surface area contributed by atoms with Gasteiger partial charge in [0.1, 0.15) is 6.61 Å². The highest BCUT2D eigenvalue weighted by Gasteiger charge is 2.43. The number of carbonyl (C=O) groups excluding carboxylic acids is 1. The molecule has 3 rings (SSSR count). The van der Waals surface area contributed by atoms with Crippen LogP contribution in [-0.4, -0.2) is 37.9 Å². The predicted molar refractivity (Wildman–Crippen MR) is 94.5 cm³/mol. The standard InChI is InChI=1S/C19H23N3O4/c1-3-16-15(11-21(2)20-16)17(18(23)24)22(14-9-10-14)19(25)26-12-13-7-5-4-6-8-13/h4-8,11,14,17H,3,9-10,12H2,1-2H3,(H,23,24). The van der Waals surface area contributed by atoms with Crippen molar-refractivity contribution in [3.63, 3.8) is 0 Å². The van der Waals surface area contributed by atoms with E-state index in [1.165, 1.54) is 4.90 Å². The summed E-state index contributed by atoms with van der Waals surface area (Å²) < 4.78 is 7.01. The van der Waals surface area contributed by atoms with E-state index in [4.69, 9.17) is 4.74 Å². The van der Waals surface area contributed by atoms with Gasteiger partial charge in [0, 0.05) is 24.8 Å². The highest BCUT2D eigenvalue weighted by atomic mass is 16.6. The van der Waals surface area contributed by atoms with E-state index in [1.54, 1.807) is 17.9 Å². The lowest BCUT2D eigenvalue weighted by atomic mass is 10.0. The Morgan fingerprint density at radius 1 is 1.35 bits per heavy atom. The number of carboxylic acid groups (broad SMARTS) is 1. The van der Waals surface area contributed by atoms with Gasteiger partial charge in [-0.25, -0.2) is 9.59 Å². The molecule has 1 aliphatic rings. The summed E-state index contributed by atoms with van der Waals surface area (Å²) in [4.78, 5) is 26.1. The van der Waals surface area contributed by atoms with E-state index in [9.17, 15) is 14.7 Å². The lowest BCUT2D eigenvalue weighted by molar-refractivity contribution is -0.143. The molecular formula is C19H23N3O4. The summed E-state index contributed by atoms with van der Waals surface area (Å²) in [5, 5.41) is 14.2. The van der Waals surface area contributed by atoms with Crippen LogP contribution >= 0.6 is 0 Å². The van der Waals surface area contributed by atoms with Crippen molar-refractivity contribution in [2.45, 2.75) is 44.9 Å². The summed E-state index contributed by atoms with van der Waals surface area (Å²) in [5.41, 5.74) is 2.09. The van der Waals surface area contributed by atoms with Crippen molar-refractivity contribution in [1.29, 1.82) is 0 Å². The molecule has 1 aliphatic carbocycles. The number of benzene rings is 1. The van der Waals surface area contributed by atoms with Gasteiger partial charge >= 0.3 is 12.1 Å². The van der Waals surface area contributed by atoms with Crippen molar-refractivity contribution in [2.24, 2.45) is 7.05 Å². The largest absolute Gasteiger partial charge is 0.479 e. The second-order valence-corrected chi connectivity index (χ2v) is 6.48. The zero-order valence-corrected chi connectivity index (χ0v) is 15.0. The number of amides is 1. The Bertz CT molecular complexity index is 783. The summed E-state index contributed by atoms with van der Waals surface area (Å²) in [5.74, 6) is -1.07. The van der Waals surface area contributed by atoms with Crippen LogP contribution in [0.4, 0.5) is 4.79 Å². The zero-order valence-electron chi connectivity index (χ0n) is 15.0.